The predicted molar refractivity (Wildman–Crippen MR) is 112 cm³/mol. The summed E-state index contributed by atoms with van der Waals surface area (Å²) in [4.78, 5) is 12.6. The minimum absolute atomic E-state index is 0.0119. The van der Waals surface area contributed by atoms with Crippen LogP contribution < -0.4 is 19.5 Å². The third-order valence-electron chi connectivity index (χ3n) is 4.40. The van der Waals surface area contributed by atoms with Gasteiger partial charge in [-0.25, -0.2) is 0 Å². The van der Waals surface area contributed by atoms with Gasteiger partial charge in [0.2, 0.25) is 0 Å². The van der Waals surface area contributed by atoms with Crippen LogP contribution in [0.1, 0.15) is 36.5 Å². The van der Waals surface area contributed by atoms with Crippen molar-refractivity contribution in [2.75, 3.05) is 26.1 Å². The highest BCUT2D eigenvalue weighted by Crippen LogP contribution is 2.33. The van der Waals surface area contributed by atoms with Gasteiger partial charge >= 0.3 is 6.01 Å². The summed E-state index contributed by atoms with van der Waals surface area (Å²) in [7, 11) is 3.11. The Labute approximate surface area is 175 Å². The predicted octanol–water partition coefficient (Wildman–Crippen LogP) is 4.58. The van der Waals surface area contributed by atoms with Crippen LogP contribution in [-0.4, -0.2) is 36.9 Å². The molecule has 1 aromatic heterocycles. The molecule has 3 rings (SSSR count). The van der Waals surface area contributed by atoms with Crippen LogP contribution in [0.15, 0.2) is 46.9 Å². The molecular formula is C22H25N3O5. The lowest BCUT2D eigenvalue weighted by atomic mass is 10.2. The summed E-state index contributed by atoms with van der Waals surface area (Å²) >= 11 is 0. The van der Waals surface area contributed by atoms with Crippen molar-refractivity contribution in [1.29, 1.82) is 0 Å². The van der Waals surface area contributed by atoms with E-state index < -0.39 is 0 Å². The quantitative estimate of drug-likeness (QED) is 0.488. The Morgan fingerprint density at radius 1 is 1.03 bits per heavy atom. The Morgan fingerprint density at radius 3 is 2.67 bits per heavy atom. The second kappa shape index (κ2) is 10.3. The topological polar surface area (TPSA) is 95.7 Å². The fraction of sp³-hybridized carbons (Fsp3) is 0.318. The number of hydrogen-bond donors (Lipinski definition) is 1. The molecule has 30 heavy (non-hydrogen) atoms. The molecule has 0 saturated carbocycles. The van der Waals surface area contributed by atoms with Crippen molar-refractivity contribution in [1.82, 2.24) is 10.2 Å². The minimum atomic E-state index is -0.370. The molecule has 8 heteroatoms. The number of carbonyl (C=O) groups is 1. The van der Waals surface area contributed by atoms with Crippen LogP contribution in [0.25, 0.3) is 11.5 Å². The summed E-state index contributed by atoms with van der Waals surface area (Å²) in [5.74, 6) is 1.65. The van der Waals surface area contributed by atoms with Gasteiger partial charge in [-0.15, -0.1) is 5.10 Å². The van der Waals surface area contributed by atoms with Crippen LogP contribution >= 0.6 is 0 Å². The van der Waals surface area contributed by atoms with Gasteiger partial charge < -0.3 is 18.6 Å². The minimum Gasteiger partial charge on any atom is -0.497 e. The number of hydrogen-bond acceptors (Lipinski definition) is 7. The lowest BCUT2D eigenvalue weighted by molar-refractivity contribution is 0.102. The van der Waals surface area contributed by atoms with Gasteiger partial charge in [0, 0.05) is 11.6 Å². The van der Waals surface area contributed by atoms with Crippen molar-refractivity contribution in [3.8, 4) is 28.7 Å². The molecule has 0 fully saturated rings. The zero-order valence-corrected chi connectivity index (χ0v) is 17.3. The van der Waals surface area contributed by atoms with E-state index in [-0.39, 0.29) is 17.8 Å². The summed E-state index contributed by atoms with van der Waals surface area (Å²) in [5.41, 5.74) is 1.03. The van der Waals surface area contributed by atoms with Crippen LogP contribution in [0.2, 0.25) is 0 Å². The number of carbonyl (C=O) groups excluding carboxylic acids is 1. The zero-order valence-electron chi connectivity index (χ0n) is 17.3. The summed E-state index contributed by atoms with van der Waals surface area (Å²) in [6, 6.07) is 12.2. The van der Waals surface area contributed by atoms with Gasteiger partial charge in [0.05, 0.1) is 26.4 Å². The molecule has 0 spiro atoms. The molecule has 0 bridgehead atoms. The fourth-order valence-electron chi connectivity index (χ4n) is 2.80. The van der Waals surface area contributed by atoms with Crippen molar-refractivity contribution >= 4 is 11.9 Å². The largest absolute Gasteiger partial charge is 0.497 e. The molecule has 0 unspecified atom stereocenters. The number of benzene rings is 2. The van der Waals surface area contributed by atoms with Crippen LogP contribution in [0, 0.1) is 0 Å². The molecule has 1 amide bonds. The maximum atomic E-state index is 12.6. The monoisotopic (exact) mass is 411 g/mol. The highest BCUT2D eigenvalue weighted by Gasteiger charge is 2.17. The SMILES string of the molecule is CCCCCOc1cccc(C(=O)Nc2nnc(-c3ccc(OC)cc3OC)o2)c1. The number of aromatic nitrogens is 2. The molecule has 1 heterocycles. The Hall–Kier alpha value is -3.55. The number of anilines is 1. The molecule has 8 nitrogen and oxygen atoms in total. The Morgan fingerprint density at radius 2 is 1.90 bits per heavy atom. The van der Waals surface area contributed by atoms with E-state index in [9.17, 15) is 4.79 Å². The third kappa shape index (κ3) is 5.28. The molecule has 158 valence electrons. The van der Waals surface area contributed by atoms with Gasteiger partial charge in [-0.2, -0.15) is 0 Å². The lowest BCUT2D eigenvalue weighted by Gasteiger charge is -2.08. The first-order valence-electron chi connectivity index (χ1n) is 9.74. The number of methoxy groups -OCH3 is 2. The Bertz CT molecular complexity index is 986. The number of amides is 1. The van der Waals surface area contributed by atoms with E-state index in [2.05, 4.69) is 22.4 Å². The molecule has 0 saturated heterocycles. The molecule has 1 N–H and O–H groups in total. The van der Waals surface area contributed by atoms with Gasteiger partial charge in [0.1, 0.15) is 17.2 Å². The number of rotatable bonds is 10. The zero-order chi connectivity index (χ0) is 21.3. The summed E-state index contributed by atoms with van der Waals surface area (Å²) in [5, 5.41) is 10.5. The van der Waals surface area contributed by atoms with Crippen LogP contribution in [0.3, 0.4) is 0 Å². The first kappa shape index (κ1) is 21.2. The average Bonchev–Trinajstić information content (AvgIpc) is 3.24. The van der Waals surface area contributed by atoms with Gasteiger partial charge in [0.15, 0.2) is 0 Å². The highest BCUT2D eigenvalue weighted by atomic mass is 16.5. The van der Waals surface area contributed by atoms with Crippen molar-refractivity contribution in [2.24, 2.45) is 0 Å². The first-order chi connectivity index (χ1) is 14.6. The lowest BCUT2D eigenvalue weighted by Crippen LogP contribution is -2.12. The number of unbranched alkanes of at least 4 members (excludes halogenated alkanes) is 2. The van der Waals surface area contributed by atoms with Crippen molar-refractivity contribution in [2.45, 2.75) is 26.2 Å². The van der Waals surface area contributed by atoms with Crippen molar-refractivity contribution in [3.05, 3.63) is 48.0 Å². The van der Waals surface area contributed by atoms with E-state index in [1.807, 2.05) is 6.07 Å². The normalized spacial score (nSPS) is 10.5. The van der Waals surface area contributed by atoms with Crippen LogP contribution in [0.4, 0.5) is 6.01 Å². The summed E-state index contributed by atoms with van der Waals surface area (Å²) < 4.78 is 21.8. The van der Waals surface area contributed by atoms with Gasteiger partial charge in [-0.1, -0.05) is 30.9 Å². The van der Waals surface area contributed by atoms with E-state index in [0.29, 0.717) is 35.0 Å². The molecule has 2 aromatic carbocycles. The first-order valence-corrected chi connectivity index (χ1v) is 9.74. The van der Waals surface area contributed by atoms with Crippen molar-refractivity contribution in [3.63, 3.8) is 0 Å². The van der Waals surface area contributed by atoms with Crippen LogP contribution in [-0.2, 0) is 0 Å². The standard InChI is InChI=1S/C22H25N3O5/c1-4-5-6-12-29-17-9-7-8-15(13-17)20(26)23-22-25-24-21(30-22)18-11-10-16(27-2)14-19(18)28-3/h7-11,13-14H,4-6,12H2,1-3H3,(H,23,25,26). The number of ether oxygens (including phenoxy) is 3. The number of nitrogens with zero attached hydrogens (tertiary/aromatic N) is 2. The summed E-state index contributed by atoms with van der Waals surface area (Å²) in [6.45, 7) is 2.76. The highest BCUT2D eigenvalue weighted by molar-refractivity contribution is 6.03. The fourth-order valence-corrected chi connectivity index (χ4v) is 2.80. The maximum Gasteiger partial charge on any atom is 0.322 e. The Balaban J connectivity index is 1.68. The smallest absolute Gasteiger partial charge is 0.322 e. The molecule has 0 aliphatic rings. The summed E-state index contributed by atoms with van der Waals surface area (Å²) in [6.07, 6.45) is 3.21. The molecule has 3 aromatic rings. The Kier molecular flexibility index (Phi) is 7.26. The third-order valence-corrected chi connectivity index (χ3v) is 4.40. The van der Waals surface area contributed by atoms with Gasteiger partial charge in [-0.05, 0) is 36.8 Å². The maximum absolute atomic E-state index is 12.6. The second-order valence-corrected chi connectivity index (χ2v) is 6.52. The van der Waals surface area contributed by atoms with E-state index in [1.54, 1.807) is 43.5 Å². The molecule has 0 aliphatic carbocycles. The van der Waals surface area contributed by atoms with E-state index >= 15 is 0 Å². The second-order valence-electron chi connectivity index (χ2n) is 6.52. The average molecular weight is 411 g/mol. The van der Waals surface area contributed by atoms with Crippen molar-refractivity contribution < 1.29 is 23.4 Å². The molecule has 0 aliphatic heterocycles. The van der Waals surface area contributed by atoms with E-state index in [1.165, 1.54) is 7.11 Å². The van der Waals surface area contributed by atoms with Gasteiger partial charge in [-0.3, -0.25) is 10.1 Å². The van der Waals surface area contributed by atoms with E-state index in [4.69, 9.17) is 18.6 Å². The van der Waals surface area contributed by atoms with Gasteiger partial charge in [0.25, 0.3) is 11.8 Å². The molecule has 0 radical (unpaired) electrons. The molecular weight excluding hydrogens is 386 g/mol. The number of nitrogens with one attached hydrogen (secondary N) is 1. The van der Waals surface area contributed by atoms with Crippen LogP contribution in [0.5, 0.6) is 17.2 Å². The molecule has 0 atom stereocenters. The van der Waals surface area contributed by atoms with E-state index in [0.717, 1.165) is 19.3 Å².